The van der Waals surface area contributed by atoms with E-state index in [1.807, 2.05) is 74.7 Å². The first-order valence-electron chi connectivity index (χ1n) is 14.9. The van der Waals surface area contributed by atoms with E-state index in [4.69, 9.17) is 0 Å². The second-order valence-corrected chi connectivity index (χ2v) is 18.0. The molecular formula is C35H50N2O4Si. The Morgan fingerprint density at radius 2 is 1.57 bits per heavy atom. The number of phenols is 1. The van der Waals surface area contributed by atoms with Crippen molar-refractivity contribution >= 4 is 14.2 Å². The van der Waals surface area contributed by atoms with Crippen LogP contribution in [0.2, 0.25) is 18.1 Å². The van der Waals surface area contributed by atoms with Crippen molar-refractivity contribution in [3.8, 4) is 5.75 Å². The number of hydrogen-bond donors (Lipinski definition) is 4. The lowest BCUT2D eigenvalue weighted by atomic mass is 9.87. The summed E-state index contributed by atoms with van der Waals surface area (Å²) in [6, 6.07) is 23.8. The van der Waals surface area contributed by atoms with Crippen LogP contribution < -0.4 is 5.32 Å². The molecule has 0 aliphatic rings. The van der Waals surface area contributed by atoms with Crippen LogP contribution in [0.25, 0.3) is 0 Å². The van der Waals surface area contributed by atoms with Crippen molar-refractivity contribution in [3.63, 3.8) is 0 Å². The molecule has 0 fully saturated rings. The molecule has 7 heteroatoms. The highest BCUT2D eigenvalue weighted by Gasteiger charge is 2.40. The molecule has 0 unspecified atom stereocenters. The van der Waals surface area contributed by atoms with Gasteiger partial charge in [-0.1, -0.05) is 74.5 Å². The molecular weight excluding hydrogens is 540 g/mol. The van der Waals surface area contributed by atoms with E-state index in [0.717, 1.165) is 35.1 Å². The first-order chi connectivity index (χ1) is 19.6. The quantitative estimate of drug-likeness (QED) is 0.169. The predicted octanol–water partition coefficient (Wildman–Crippen LogP) is 6.15. The number of nitrogens with zero attached hydrogens (tertiary/aromatic N) is 1. The highest BCUT2D eigenvalue weighted by molar-refractivity contribution is 6.72. The number of benzene rings is 3. The Morgan fingerprint density at radius 1 is 0.929 bits per heavy atom. The molecule has 1 amide bonds. The second kappa shape index (κ2) is 14.0. The topological polar surface area (TPSA) is 93.0 Å². The third-order valence-electron chi connectivity index (χ3n) is 8.67. The number of aromatic hydroxyl groups is 1. The normalized spacial score (nSPS) is 13.2. The van der Waals surface area contributed by atoms with Gasteiger partial charge < -0.3 is 25.2 Å². The van der Waals surface area contributed by atoms with Gasteiger partial charge in [-0.3, -0.25) is 4.79 Å². The lowest BCUT2D eigenvalue weighted by Gasteiger charge is -2.39. The summed E-state index contributed by atoms with van der Waals surface area (Å²) in [7, 11) is -0.608. The second-order valence-electron chi connectivity index (χ2n) is 13.6. The largest absolute Gasteiger partial charge is 0.508 e. The molecule has 0 bridgehead atoms. The van der Waals surface area contributed by atoms with Gasteiger partial charge in [0.2, 0.25) is 5.91 Å². The zero-order chi connectivity index (χ0) is 31.1. The van der Waals surface area contributed by atoms with Crippen molar-refractivity contribution in [1.29, 1.82) is 0 Å². The van der Waals surface area contributed by atoms with Crippen LogP contribution in [0.3, 0.4) is 0 Å². The number of rotatable bonds is 14. The monoisotopic (exact) mass is 590 g/mol. The number of aliphatic hydroxyl groups excluding tert-OH is 1. The molecule has 4 N–H and O–H groups in total. The van der Waals surface area contributed by atoms with Gasteiger partial charge in [0.25, 0.3) is 0 Å². The fourth-order valence-corrected chi connectivity index (χ4v) is 5.98. The van der Waals surface area contributed by atoms with Crippen LogP contribution in [0.15, 0.2) is 72.8 Å². The minimum Gasteiger partial charge on any atom is -0.508 e. The van der Waals surface area contributed by atoms with Crippen LogP contribution in [-0.2, 0) is 30.8 Å². The molecule has 0 aromatic heterocycles. The van der Waals surface area contributed by atoms with E-state index in [0.29, 0.717) is 25.1 Å². The fraction of sp³-hybridized carbons (Fsp3) is 0.457. The van der Waals surface area contributed by atoms with Gasteiger partial charge in [-0.15, -0.1) is 0 Å². The van der Waals surface area contributed by atoms with Crippen LogP contribution in [0, 0.1) is 0 Å². The summed E-state index contributed by atoms with van der Waals surface area (Å²) in [5, 5.41) is 23.4. The lowest BCUT2D eigenvalue weighted by molar-refractivity contribution is -0.129. The summed E-state index contributed by atoms with van der Waals surface area (Å²) in [4.78, 5) is 25.7. The number of nitrogens with one attached hydrogen (secondary N) is 1. The molecule has 3 rings (SSSR count). The molecule has 0 saturated carbocycles. The third-order valence-corrected chi connectivity index (χ3v) is 12.2. The van der Waals surface area contributed by atoms with Crippen LogP contribution in [0.4, 0.5) is 0 Å². The third kappa shape index (κ3) is 9.53. The molecule has 0 aliphatic carbocycles. The minimum absolute atomic E-state index is 0.0770. The number of aliphatic hydroxyl groups is 1. The highest BCUT2D eigenvalue weighted by atomic mass is 28.4. The first kappa shape index (κ1) is 33.5. The molecule has 42 heavy (non-hydrogen) atoms. The Morgan fingerprint density at radius 3 is 2.21 bits per heavy atom. The zero-order valence-corrected chi connectivity index (χ0v) is 27.4. The van der Waals surface area contributed by atoms with Crippen molar-refractivity contribution in [2.24, 2.45) is 0 Å². The first-order valence-corrected chi connectivity index (χ1v) is 17.8. The molecule has 0 saturated heterocycles. The highest BCUT2D eigenvalue weighted by Crippen LogP contribution is 2.44. The summed E-state index contributed by atoms with van der Waals surface area (Å²) in [6.07, 6.45) is 1.91. The number of amides is 1. The minimum atomic E-state index is -2.46. The van der Waals surface area contributed by atoms with Gasteiger partial charge in [-0.2, -0.15) is 0 Å². The number of carbonyl (C=O) groups excluding carboxylic acids is 1. The van der Waals surface area contributed by atoms with E-state index in [2.05, 4.69) is 45.1 Å². The Hall–Kier alpha value is -2.97. The maximum absolute atomic E-state index is 12.9. The molecule has 0 heterocycles. The maximum atomic E-state index is 12.9. The molecule has 6 nitrogen and oxygen atoms in total. The van der Waals surface area contributed by atoms with Crippen LogP contribution >= 0.6 is 0 Å². The van der Waals surface area contributed by atoms with Crippen LogP contribution in [-0.4, -0.2) is 53.3 Å². The summed E-state index contributed by atoms with van der Waals surface area (Å²) >= 11 is 0. The van der Waals surface area contributed by atoms with E-state index >= 15 is 0 Å². The molecule has 228 valence electrons. The van der Waals surface area contributed by atoms with Crippen LogP contribution in [0.5, 0.6) is 5.75 Å². The average molecular weight is 591 g/mol. The Bertz CT molecular complexity index is 1320. The van der Waals surface area contributed by atoms with Crippen molar-refractivity contribution < 1.29 is 19.8 Å². The van der Waals surface area contributed by atoms with Gasteiger partial charge in [0.05, 0.1) is 13.0 Å². The van der Waals surface area contributed by atoms with Crippen molar-refractivity contribution in [2.45, 2.75) is 89.7 Å². The lowest BCUT2D eigenvalue weighted by Crippen LogP contribution is -2.45. The van der Waals surface area contributed by atoms with E-state index in [-0.39, 0.29) is 34.8 Å². The van der Waals surface area contributed by atoms with E-state index in [9.17, 15) is 19.8 Å². The predicted molar refractivity (Wildman–Crippen MR) is 174 cm³/mol. The molecule has 0 aliphatic heterocycles. The van der Waals surface area contributed by atoms with Gasteiger partial charge in [-0.25, -0.2) is 0 Å². The van der Waals surface area contributed by atoms with Gasteiger partial charge >= 0.3 is 0 Å². The number of hydrogen-bond acceptors (Lipinski definition) is 5. The SMILES string of the molecule is CN(Cc1ccccc1)C(=O)Cc1cccc(CC(C)(C)NC[C@H](CC(C)(C)[Si](C)(C)O)c2ccc(O)c(CO)c2)c1. The summed E-state index contributed by atoms with van der Waals surface area (Å²) < 4.78 is 0. The Kier molecular flexibility index (Phi) is 11.2. The molecule has 3 aromatic carbocycles. The van der Waals surface area contributed by atoms with Crippen molar-refractivity contribution in [3.05, 3.63) is 101 Å². The average Bonchev–Trinajstić information content (AvgIpc) is 2.91. The fourth-order valence-electron chi connectivity index (χ4n) is 5.24. The molecule has 0 radical (unpaired) electrons. The van der Waals surface area contributed by atoms with Gasteiger partial charge in [0, 0.05) is 31.2 Å². The smallest absolute Gasteiger partial charge is 0.227 e. The van der Waals surface area contributed by atoms with Crippen LogP contribution in [0.1, 0.15) is 67.9 Å². The summed E-state index contributed by atoms with van der Waals surface area (Å²) in [6.45, 7) is 13.6. The Balaban J connectivity index is 1.70. The van der Waals surface area contributed by atoms with Gasteiger partial charge in [0.15, 0.2) is 8.32 Å². The summed E-state index contributed by atoms with van der Waals surface area (Å²) in [5.74, 6) is 0.257. The van der Waals surface area contributed by atoms with E-state index in [1.54, 1.807) is 11.0 Å². The van der Waals surface area contributed by atoms with Crippen molar-refractivity contribution in [2.75, 3.05) is 13.6 Å². The van der Waals surface area contributed by atoms with Gasteiger partial charge in [0.1, 0.15) is 5.75 Å². The Labute approximate surface area is 253 Å². The number of likely N-dealkylation sites (N-methyl/N-ethyl adjacent to an activating group) is 1. The standard InChI is InChI=1S/C35H50N2O4Si/c1-34(2,21-28-15-11-14-27(18-28)19-33(40)37(5)24-26-12-9-8-10-13-26)36-23-31(22-35(3,4)42(6,7)41)29-16-17-32(39)30(20-29)25-38/h8-18,20,31,36,38-39,41H,19,21-25H2,1-7H3/t31-/m0/s1. The van der Waals surface area contributed by atoms with E-state index < -0.39 is 8.32 Å². The molecule has 0 spiro atoms. The van der Waals surface area contributed by atoms with E-state index in [1.165, 1.54) is 0 Å². The molecule has 1 atom stereocenters. The van der Waals surface area contributed by atoms with Crippen molar-refractivity contribution in [1.82, 2.24) is 10.2 Å². The molecule has 3 aromatic rings. The maximum Gasteiger partial charge on any atom is 0.227 e. The van der Waals surface area contributed by atoms with Gasteiger partial charge in [-0.05, 0) is 85.1 Å². The summed E-state index contributed by atoms with van der Waals surface area (Å²) in [5.41, 5.74) is 4.59. The zero-order valence-electron chi connectivity index (χ0n) is 26.4. The number of carbonyl (C=O) groups is 1.